The predicted molar refractivity (Wildman–Crippen MR) is 183 cm³/mol. The van der Waals surface area contributed by atoms with E-state index in [4.69, 9.17) is 5.10 Å². The summed E-state index contributed by atoms with van der Waals surface area (Å²) in [4.78, 5) is 28.9. The summed E-state index contributed by atoms with van der Waals surface area (Å²) in [5.74, 6) is 1.95. The van der Waals surface area contributed by atoms with Gasteiger partial charge in [-0.05, 0) is 94.1 Å². The second kappa shape index (κ2) is 13.5. The maximum atomic E-state index is 13.7. The predicted octanol–water partition coefficient (Wildman–Crippen LogP) is 5.87. The van der Waals surface area contributed by atoms with Gasteiger partial charge < -0.3 is 20.2 Å². The van der Waals surface area contributed by atoms with E-state index in [1.807, 2.05) is 71.0 Å². The second-order valence-corrected chi connectivity index (χ2v) is 13.0. The molecule has 2 aliphatic rings. The fourth-order valence-electron chi connectivity index (χ4n) is 7.21. The minimum atomic E-state index is -0.107. The first kappa shape index (κ1) is 31.5. The summed E-state index contributed by atoms with van der Waals surface area (Å²) in [6.45, 7) is 3.89. The Labute approximate surface area is 272 Å². The van der Waals surface area contributed by atoms with Crippen molar-refractivity contribution >= 4 is 23.4 Å². The van der Waals surface area contributed by atoms with Crippen LogP contribution in [0.4, 0.5) is 17.5 Å². The van der Waals surface area contributed by atoms with Gasteiger partial charge in [-0.2, -0.15) is 10.1 Å². The molecular weight excluding hydrogens is 576 g/mol. The van der Waals surface area contributed by atoms with E-state index < -0.39 is 0 Å². The summed E-state index contributed by atoms with van der Waals surface area (Å²) in [6, 6.07) is 15.9. The molecule has 3 heterocycles. The van der Waals surface area contributed by atoms with Crippen molar-refractivity contribution in [2.24, 2.45) is 5.92 Å². The van der Waals surface area contributed by atoms with Gasteiger partial charge in [0.15, 0.2) is 0 Å². The van der Waals surface area contributed by atoms with Crippen molar-refractivity contribution in [3.63, 3.8) is 0 Å². The van der Waals surface area contributed by atoms with Gasteiger partial charge in [-0.1, -0.05) is 37.5 Å². The minimum absolute atomic E-state index is 0.0804. The topological polar surface area (TPSA) is 103 Å². The first-order chi connectivity index (χ1) is 22.3. The fraction of sp³-hybridized carbons (Fsp3) is 0.444. The molecule has 0 spiro atoms. The van der Waals surface area contributed by atoms with E-state index in [-0.39, 0.29) is 11.4 Å². The van der Waals surface area contributed by atoms with E-state index in [1.165, 1.54) is 24.0 Å². The highest BCUT2D eigenvalue weighted by Gasteiger charge is 2.36. The van der Waals surface area contributed by atoms with E-state index in [2.05, 4.69) is 46.5 Å². The number of fused-ring (bicyclic) bond motifs is 1. The first-order valence-corrected chi connectivity index (χ1v) is 16.5. The summed E-state index contributed by atoms with van der Waals surface area (Å²) in [5.41, 5.74) is 4.58. The third-order valence-electron chi connectivity index (χ3n) is 9.82. The zero-order valence-electron chi connectivity index (χ0n) is 27.5. The van der Waals surface area contributed by atoms with Gasteiger partial charge in [0.1, 0.15) is 17.1 Å². The molecule has 2 N–H and O–H groups in total. The fourth-order valence-corrected chi connectivity index (χ4v) is 7.21. The Morgan fingerprint density at radius 2 is 1.85 bits per heavy atom. The van der Waals surface area contributed by atoms with Gasteiger partial charge in [0.25, 0.3) is 5.91 Å². The molecule has 1 saturated carbocycles. The van der Waals surface area contributed by atoms with Crippen LogP contribution < -0.4 is 15.1 Å². The molecule has 10 nitrogen and oxygen atoms in total. The van der Waals surface area contributed by atoms with Crippen molar-refractivity contribution in [1.29, 1.82) is 0 Å². The molecule has 10 heteroatoms. The molecule has 0 radical (unpaired) electrons. The van der Waals surface area contributed by atoms with Crippen molar-refractivity contribution in [2.75, 3.05) is 55.9 Å². The smallest absolute Gasteiger partial charge is 0.263 e. The summed E-state index contributed by atoms with van der Waals surface area (Å²) in [6.07, 6.45) is 13.5. The Bertz CT molecular complexity index is 1670. The van der Waals surface area contributed by atoms with Crippen LogP contribution >= 0.6 is 0 Å². The molecule has 0 bridgehead atoms. The normalized spacial score (nSPS) is 20.6. The number of aromatic hydroxyl groups is 1. The number of anilines is 3. The number of rotatable bonds is 8. The van der Waals surface area contributed by atoms with Crippen LogP contribution in [0.2, 0.25) is 0 Å². The first-order valence-electron chi connectivity index (χ1n) is 16.5. The third kappa shape index (κ3) is 6.44. The number of phenols is 1. The number of hydrogen-bond acceptors (Lipinski definition) is 8. The van der Waals surface area contributed by atoms with Crippen LogP contribution in [0.1, 0.15) is 66.9 Å². The van der Waals surface area contributed by atoms with Crippen LogP contribution in [-0.4, -0.2) is 76.4 Å². The Kier molecular flexibility index (Phi) is 9.26. The van der Waals surface area contributed by atoms with E-state index >= 15 is 0 Å². The lowest BCUT2D eigenvalue weighted by Crippen LogP contribution is -2.42. The lowest BCUT2D eigenvalue weighted by Gasteiger charge is -2.43. The molecule has 1 aliphatic heterocycles. The molecular formula is C36H46N8O2. The standard InChI is InChI=1S/C36H46N8O2/c1-5-37-35-38-24-32-33(40-35)42(4)18-19-43(34(32)46)29-12-9-13-30(22-29)44-25-27(23-39-44)20-26-10-6-7-16-36(17-15-26,41(2)3)28-11-8-14-31(45)21-28/h8-9,11-14,21-26,45H,5-7,10,15-20H2,1-4H3,(H,37,38,40). The Hall–Kier alpha value is -4.44. The van der Waals surface area contributed by atoms with Gasteiger partial charge in [0.2, 0.25) is 5.95 Å². The van der Waals surface area contributed by atoms with Crippen molar-refractivity contribution < 1.29 is 9.90 Å². The van der Waals surface area contributed by atoms with Gasteiger partial charge >= 0.3 is 0 Å². The van der Waals surface area contributed by atoms with Crippen molar-refractivity contribution in [3.8, 4) is 11.4 Å². The summed E-state index contributed by atoms with van der Waals surface area (Å²) in [5, 5.41) is 18.1. The van der Waals surface area contributed by atoms with E-state index in [0.717, 1.165) is 43.5 Å². The van der Waals surface area contributed by atoms with Crippen LogP contribution in [0.5, 0.6) is 5.75 Å². The number of likely N-dealkylation sites (N-methyl/N-ethyl adjacent to an activating group) is 1. The molecule has 1 fully saturated rings. The number of amides is 1. The number of nitrogens with zero attached hydrogens (tertiary/aromatic N) is 7. The molecule has 2 atom stereocenters. The minimum Gasteiger partial charge on any atom is -0.508 e. The number of nitrogens with one attached hydrogen (secondary N) is 1. The molecule has 1 aliphatic carbocycles. The van der Waals surface area contributed by atoms with Crippen LogP contribution in [-0.2, 0) is 12.0 Å². The van der Waals surface area contributed by atoms with Crippen molar-refractivity contribution in [3.05, 3.63) is 83.8 Å². The molecule has 1 amide bonds. The van der Waals surface area contributed by atoms with Crippen molar-refractivity contribution in [1.82, 2.24) is 24.6 Å². The van der Waals surface area contributed by atoms with Gasteiger partial charge in [-0.15, -0.1) is 0 Å². The van der Waals surface area contributed by atoms with Gasteiger partial charge in [-0.3, -0.25) is 9.69 Å². The maximum Gasteiger partial charge on any atom is 0.263 e. The van der Waals surface area contributed by atoms with E-state index in [1.54, 1.807) is 12.3 Å². The number of carbonyl (C=O) groups excluding carboxylic acids is 1. The Morgan fingerprint density at radius 1 is 1.02 bits per heavy atom. The van der Waals surface area contributed by atoms with Crippen LogP contribution in [0.3, 0.4) is 0 Å². The third-order valence-corrected chi connectivity index (χ3v) is 9.82. The largest absolute Gasteiger partial charge is 0.508 e. The van der Waals surface area contributed by atoms with E-state index in [0.29, 0.717) is 48.6 Å². The van der Waals surface area contributed by atoms with Gasteiger partial charge in [0, 0.05) is 50.3 Å². The molecule has 6 rings (SSSR count). The molecule has 0 saturated heterocycles. The molecule has 2 aromatic carbocycles. The van der Waals surface area contributed by atoms with Crippen molar-refractivity contribution in [2.45, 2.75) is 57.4 Å². The number of benzene rings is 2. The molecule has 4 aromatic rings. The zero-order chi connectivity index (χ0) is 32.3. The van der Waals surface area contributed by atoms with Crippen LogP contribution in [0, 0.1) is 5.92 Å². The molecule has 2 unspecified atom stereocenters. The highest BCUT2D eigenvalue weighted by molar-refractivity contribution is 6.09. The monoisotopic (exact) mass is 622 g/mol. The summed E-state index contributed by atoms with van der Waals surface area (Å²) >= 11 is 0. The SMILES string of the molecule is CCNc1ncc2c(n1)N(C)CCN(c1cccc(-n3cc(CC4CCCCC(c5cccc(O)c5)(N(C)C)CC4)cn3)c1)C2=O. The number of aromatic nitrogens is 4. The lowest BCUT2D eigenvalue weighted by molar-refractivity contribution is 0.0989. The maximum absolute atomic E-state index is 13.7. The van der Waals surface area contributed by atoms with E-state index in [9.17, 15) is 9.90 Å². The second-order valence-electron chi connectivity index (χ2n) is 13.0. The number of phenolic OH excluding ortho intramolecular Hbond substituents is 1. The van der Waals surface area contributed by atoms with Gasteiger partial charge in [0.05, 0.1) is 11.9 Å². The van der Waals surface area contributed by atoms with Gasteiger partial charge in [-0.25, -0.2) is 9.67 Å². The molecule has 2 aromatic heterocycles. The quantitative estimate of drug-likeness (QED) is 0.252. The average Bonchev–Trinajstić information content (AvgIpc) is 3.47. The van der Waals surface area contributed by atoms with Crippen LogP contribution in [0.15, 0.2) is 67.1 Å². The Morgan fingerprint density at radius 3 is 2.65 bits per heavy atom. The number of hydrogen-bond donors (Lipinski definition) is 2. The Balaban J connectivity index is 1.18. The zero-order valence-corrected chi connectivity index (χ0v) is 27.5. The summed E-state index contributed by atoms with van der Waals surface area (Å²) < 4.78 is 1.92. The number of carbonyl (C=O) groups is 1. The molecule has 46 heavy (non-hydrogen) atoms. The van der Waals surface area contributed by atoms with Crippen LogP contribution in [0.25, 0.3) is 5.69 Å². The molecule has 242 valence electrons. The average molecular weight is 623 g/mol. The highest BCUT2D eigenvalue weighted by atomic mass is 16.3. The highest BCUT2D eigenvalue weighted by Crippen LogP contribution is 2.42. The lowest BCUT2D eigenvalue weighted by atomic mass is 9.74. The summed E-state index contributed by atoms with van der Waals surface area (Å²) in [7, 11) is 6.30.